The smallest absolute Gasteiger partial charge is 0.181 e. The van der Waals surface area contributed by atoms with Gasteiger partial charge in [0.15, 0.2) is 5.78 Å². The first-order valence-corrected chi connectivity index (χ1v) is 10.1. The van der Waals surface area contributed by atoms with Crippen LogP contribution in [0.3, 0.4) is 0 Å². The second-order valence-corrected chi connectivity index (χ2v) is 7.33. The summed E-state index contributed by atoms with van der Waals surface area (Å²) < 4.78 is 11.2. The zero-order valence-electron chi connectivity index (χ0n) is 16.2. The lowest BCUT2D eigenvalue weighted by molar-refractivity contribution is -0.0301. The van der Waals surface area contributed by atoms with Crippen molar-refractivity contribution in [1.29, 1.82) is 0 Å². The molecule has 2 aliphatic rings. The topological polar surface area (TPSA) is 42.0 Å². The molecule has 4 rings (SSSR count). The van der Waals surface area contributed by atoms with Crippen LogP contribution >= 0.6 is 0 Å². The summed E-state index contributed by atoms with van der Waals surface area (Å²) in [6, 6.07) is 19.9. The highest BCUT2D eigenvalue weighted by atomic mass is 16.5. The Bertz CT molecular complexity index is 741. The van der Waals surface area contributed by atoms with Crippen molar-refractivity contribution >= 4 is 5.78 Å². The average Bonchev–Trinajstić information content (AvgIpc) is 2.79. The second-order valence-electron chi connectivity index (χ2n) is 7.33. The molecule has 2 saturated heterocycles. The van der Waals surface area contributed by atoms with Crippen molar-refractivity contribution in [2.75, 3.05) is 52.6 Å². The Balaban J connectivity index is 1.74. The van der Waals surface area contributed by atoms with Gasteiger partial charge in [0.05, 0.1) is 38.5 Å². The fourth-order valence-electron chi connectivity index (χ4n) is 4.24. The minimum absolute atomic E-state index is 0.00379. The third kappa shape index (κ3) is 4.33. The SMILES string of the molecule is O=C(c1ccccc1)[C@@H]([C@H](c1ccccc1)N1CCOCC1)N1CCOCC1. The lowest BCUT2D eigenvalue weighted by atomic mass is 9.89. The molecule has 148 valence electrons. The Labute approximate surface area is 166 Å². The molecule has 28 heavy (non-hydrogen) atoms. The molecule has 2 atom stereocenters. The number of Topliss-reactive ketones (excluding diaryl/α,β-unsaturated/α-hetero) is 1. The van der Waals surface area contributed by atoms with Gasteiger partial charge in [-0.25, -0.2) is 0 Å². The summed E-state index contributed by atoms with van der Waals surface area (Å²) in [5, 5.41) is 0. The van der Waals surface area contributed by atoms with Crippen LogP contribution < -0.4 is 0 Å². The monoisotopic (exact) mass is 380 g/mol. The van der Waals surface area contributed by atoms with E-state index in [1.54, 1.807) is 0 Å². The van der Waals surface area contributed by atoms with Gasteiger partial charge in [0.1, 0.15) is 0 Å². The number of hydrogen-bond donors (Lipinski definition) is 0. The number of carbonyl (C=O) groups is 1. The third-order valence-electron chi connectivity index (χ3n) is 5.65. The van der Waals surface area contributed by atoms with Crippen molar-refractivity contribution in [2.24, 2.45) is 0 Å². The molecule has 2 aromatic carbocycles. The summed E-state index contributed by atoms with van der Waals surface area (Å²) in [4.78, 5) is 18.5. The van der Waals surface area contributed by atoms with Crippen LogP contribution in [0.4, 0.5) is 0 Å². The molecule has 0 aliphatic carbocycles. The van der Waals surface area contributed by atoms with Crippen LogP contribution in [0.15, 0.2) is 60.7 Å². The molecule has 2 heterocycles. The predicted octanol–water partition coefficient (Wildman–Crippen LogP) is 2.64. The van der Waals surface area contributed by atoms with Gasteiger partial charge in [0, 0.05) is 31.7 Å². The number of hydrogen-bond acceptors (Lipinski definition) is 5. The standard InChI is InChI=1S/C23H28N2O3/c26-23(20-9-5-2-6-10-20)22(25-13-17-28-18-14-25)21(19-7-3-1-4-8-19)24-11-15-27-16-12-24/h1-10,21-22H,11-18H2/t21-,22+/m0/s1. The molecular formula is C23H28N2O3. The van der Waals surface area contributed by atoms with Crippen LogP contribution in [0.1, 0.15) is 22.0 Å². The highest BCUT2D eigenvalue weighted by molar-refractivity contribution is 6.00. The van der Waals surface area contributed by atoms with Gasteiger partial charge >= 0.3 is 0 Å². The zero-order chi connectivity index (χ0) is 19.2. The molecule has 2 fully saturated rings. The highest BCUT2D eigenvalue weighted by Crippen LogP contribution is 2.31. The summed E-state index contributed by atoms with van der Waals surface area (Å²) in [5.41, 5.74) is 1.96. The van der Waals surface area contributed by atoms with Crippen molar-refractivity contribution in [3.8, 4) is 0 Å². The van der Waals surface area contributed by atoms with Gasteiger partial charge in [-0.2, -0.15) is 0 Å². The molecule has 0 spiro atoms. The molecule has 0 amide bonds. The van der Waals surface area contributed by atoms with E-state index >= 15 is 0 Å². The van der Waals surface area contributed by atoms with Crippen molar-refractivity contribution in [1.82, 2.24) is 9.80 Å². The highest BCUT2D eigenvalue weighted by Gasteiger charge is 2.39. The first-order chi connectivity index (χ1) is 13.8. The van der Waals surface area contributed by atoms with Crippen LogP contribution in [-0.4, -0.2) is 74.2 Å². The Morgan fingerprint density at radius 3 is 1.79 bits per heavy atom. The van der Waals surface area contributed by atoms with E-state index in [-0.39, 0.29) is 17.9 Å². The molecule has 0 aromatic heterocycles. The lowest BCUT2D eigenvalue weighted by Crippen LogP contribution is -2.55. The molecule has 0 bridgehead atoms. The average molecular weight is 380 g/mol. The molecular weight excluding hydrogens is 352 g/mol. The largest absolute Gasteiger partial charge is 0.379 e. The van der Waals surface area contributed by atoms with Crippen molar-refractivity contribution in [3.05, 3.63) is 71.8 Å². The Hall–Kier alpha value is -2.05. The summed E-state index contributed by atoms with van der Waals surface area (Å²) in [6.07, 6.45) is 0. The lowest BCUT2D eigenvalue weighted by Gasteiger charge is -2.44. The number of ether oxygens (including phenoxy) is 2. The maximum Gasteiger partial charge on any atom is 0.181 e. The first-order valence-electron chi connectivity index (χ1n) is 10.1. The van der Waals surface area contributed by atoms with Gasteiger partial charge in [-0.1, -0.05) is 60.7 Å². The number of rotatable bonds is 6. The summed E-state index contributed by atoms with van der Waals surface area (Å²) >= 11 is 0. The summed E-state index contributed by atoms with van der Waals surface area (Å²) in [5.74, 6) is 0.183. The van der Waals surface area contributed by atoms with E-state index < -0.39 is 0 Å². The van der Waals surface area contributed by atoms with Crippen LogP contribution in [-0.2, 0) is 9.47 Å². The van der Waals surface area contributed by atoms with Gasteiger partial charge in [-0.05, 0) is 5.56 Å². The molecule has 2 aliphatic heterocycles. The van der Waals surface area contributed by atoms with E-state index in [0.717, 1.165) is 31.7 Å². The fraction of sp³-hybridized carbons (Fsp3) is 0.435. The number of ketones is 1. The van der Waals surface area contributed by atoms with Crippen molar-refractivity contribution in [2.45, 2.75) is 12.1 Å². The summed E-state index contributed by atoms with van der Waals surface area (Å²) in [6.45, 7) is 5.97. The first kappa shape index (κ1) is 19.3. The molecule has 0 saturated carbocycles. The van der Waals surface area contributed by atoms with Crippen molar-refractivity contribution < 1.29 is 14.3 Å². The number of morpholine rings is 2. The van der Waals surface area contributed by atoms with Gasteiger partial charge in [-0.3, -0.25) is 14.6 Å². The van der Waals surface area contributed by atoms with E-state index in [1.807, 2.05) is 36.4 Å². The fourth-order valence-corrected chi connectivity index (χ4v) is 4.24. The van der Waals surface area contributed by atoms with E-state index in [2.05, 4.69) is 34.1 Å². The number of nitrogens with zero attached hydrogens (tertiary/aromatic N) is 2. The Kier molecular flexibility index (Phi) is 6.49. The molecule has 2 aromatic rings. The molecule has 5 heteroatoms. The van der Waals surface area contributed by atoms with Gasteiger partial charge < -0.3 is 9.47 Å². The summed E-state index contributed by atoms with van der Waals surface area (Å²) in [7, 11) is 0. The second kappa shape index (κ2) is 9.43. The normalized spacial score (nSPS) is 21.1. The third-order valence-corrected chi connectivity index (χ3v) is 5.65. The molecule has 0 radical (unpaired) electrons. The van der Waals surface area contributed by atoms with Gasteiger partial charge in [0.2, 0.25) is 0 Å². The van der Waals surface area contributed by atoms with Crippen molar-refractivity contribution in [3.63, 3.8) is 0 Å². The zero-order valence-corrected chi connectivity index (χ0v) is 16.2. The van der Waals surface area contributed by atoms with E-state index in [1.165, 1.54) is 5.56 Å². The quantitative estimate of drug-likeness (QED) is 0.721. The van der Waals surface area contributed by atoms with Gasteiger partial charge in [0.25, 0.3) is 0 Å². The van der Waals surface area contributed by atoms with E-state index in [0.29, 0.717) is 26.4 Å². The van der Waals surface area contributed by atoms with E-state index in [4.69, 9.17) is 9.47 Å². The van der Waals surface area contributed by atoms with Crippen LogP contribution in [0, 0.1) is 0 Å². The molecule has 0 N–H and O–H groups in total. The van der Waals surface area contributed by atoms with Gasteiger partial charge in [-0.15, -0.1) is 0 Å². The maximum absolute atomic E-state index is 13.8. The molecule has 0 unspecified atom stereocenters. The Morgan fingerprint density at radius 2 is 1.21 bits per heavy atom. The maximum atomic E-state index is 13.8. The number of benzene rings is 2. The molecule has 5 nitrogen and oxygen atoms in total. The Morgan fingerprint density at radius 1 is 0.714 bits per heavy atom. The van der Waals surface area contributed by atoms with Crippen LogP contribution in [0.25, 0.3) is 0 Å². The van der Waals surface area contributed by atoms with Crippen LogP contribution in [0.2, 0.25) is 0 Å². The predicted molar refractivity (Wildman–Crippen MR) is 109 cm³/mol. The minimum Gasteiger partial charge on any atom is -0.379 e. The number of carbonyl (C=O) groups excluding carboxylic acids is 1. The van der Waals surface area contributed by atoms with Crippen LogP contribution in [0.5, 0.6) is 0 Å². The minimum atomic E-state index is -0.244. The van der Waals surface area contributed by atoms with E-state index in [9.17, 15) is 4.79 Å².